The third kappa shape index (κ3) is 4.75. The maximum atomic E-state index is 12.7. The maximum absolute atomic E-state index is 12.7. The van der Waals surface area contributed by atoms with Crippen LogP contribution in [0.1, 0.15) is 40.0 Å². The van der Waals surface area contributed by atoms with Gasteiger partial charge >= 0.3 is 5.51 Å². The molecule has 0 saturated heterocycles. The normalized spacial score (nSPS) is 25.3. The molecule has 1 aromatic carbocycles. The van der Waals surface area contributed by atoms with Crippen molar-refractivity contribution in [1.82, 2.24) is 0 Å². The highest BCUT2D eigenvalue weighted by molar-refractivity contribution is 7.92. The van der Waals surface area contributed by atoms with E-state index in [-0.39, 0.29) is 22.6 Å². The summed E-state index contributed by atoms with van der Waals surface area (Å²) in [6.07, 6.45) is 2.36. The summed E-state index contributed by atoms with van der Waals surface area (Å²) < 4.78 is 61.2. The van der Waals surface area contributed by atoms with Crippen molar-refractivity contribution in [2.75, 3.05) is 11.9 Å². The highest BCUT2D eigenvalue weighted by Gasteiger charge is 2.47. The highest BCUT2D eigenvalue weighted by atomic mass is 32.2. The number of halogens is 3. The van der Waals surface area contributed by atoms with Gasteiger partial charge in [0.1, 0.15) is 5.69 Å². The second-order valence-electron chi connectivity index (χ2n) is 8.56. The molecule has 0 aromatic heterocycles. The first-order valence-corrected chi connectivity index (χ1v) is 10.1. The highest BCUT2D eigenvalue weighted by Crippen LogP contribution is 2.46. The Hall–Kier alpha value is -1.88. The number of rotatable bonds is 5. The summed E-state index contributed by atoms with van der Waals surface area (Å²) in [6, 6.07) is 2.12. The molecule has 0 aliphatic heterocycles. The quantitative estimate of drug-likeness (QED) is 0.549. The lowest BCUT2D eigenvalue weighted by molar-refractivity contribution is -0.384. The monoisotopic (exact) mass is 423 g/mol. The van der Waals surface area contributed by atoms with E-state index >= 15 is 0 Å². The van der Waals surface area contributed by atoms with Gasteiger partial charge in [0, 0.05) is 18.7 Å². The molecule has 2 rings (SSSR count). The zero-order chi connectivity index (χ0) is 21.5. The number of nitrogens with two attached hydrogens (primary N) is 1. The van der Waals surface area contributed by atoms with Gasteiger partial charge in [-0.25, -0.2) is 8.42 Å². The summed E-state index contributed by atoms with van der Waals surface area (Å²) in [5.41, 5.74) is -0.450. The predicted molar refractivity (Wildman–Crippen MR) is 98.5 cm³/mol. The molecule has 0 heterocycles. The van der Waals surface area contributed by atoms with Gasteiger partial charge in [0.25, 0.3) is 15.5 Å². The average Bonchev–Trinajstić information content (AvgIpc) is 2.49. The Labute approximate surface area is 161 Å². The number of sulfone groups is 1. The Morgan fingerprint density at radius 2 is 1.89 bits per heavy atom. The summed E-state index contributed by atoms with van der Waals surface area (Å²) in [7, 11) is -5.67. The molecule has 11 heteroatoms. The molecule has 3 N–H and O–H groups in total. The minimum atomic E-state index is -5.67. The van der Waals surface area contributed by atoms with Gasteiger partial charge in [0.2, 0.25) is 0 Å². The van der Waals surface area contributed by atoms with Crippen LogP contribution < -0.4 is 11.1 Å². The van der Waals surface area contributed by atoms with Gasteiger partial charge in [-0.1, -0.05) is 20.8 Å². The Bertz CT molecular complexity index is 871. The maximum Gasteiger partial charge on any atom is 0.501 e. The average molecular weight is 423 g/mol. The van der Waals surface area contributed by atoms with E-state index in [1.165, 1.54) is 0 Å². The molecule has 1 aliphatic rings. The van der Waals surface area contributed by atoms with Gasteiger partial charge in [0.15, 0.2) is 0 Å². The van der Waals surface area contributed by atoms with E-state index in [1.807, 2.05) is 6.92 Å². The van der Waals surface area contributed by atoms with E-state index in [0.717, 1.165) is 25.0 Å². The topological polar surface area (TPSA) is 115 Å². The smallest absolute Gasteiger partial charge is 0.379 e. The fourth-order valence-corrected chi connectivity index (χ4v) is 5.05. The van der Waals surface area contributed by atoms with Gasteiger partial charge in [-0.05, 0) is 42.2 Å². The fourth-order valence-electron chi connectivity index (χ4n) is 4.27. The standard InChI is InChI=1S/C17H24F3N3O4S/c1-15(2)7-11(21)8-16(3,9-15)10-22-13-5-4-12(6-14(13)23(24)25)28(26,27)17(18,19)20/h4-6,11,22H,7-10,21H2,1-3H3/t11-,16+/m1/s1. The number of alkyl halides is 3. The van der Waals surface area contributed by atoms with Crippen LogP contribution in [0.4, 0.5) is 24.5 Å². The molecule has 0 spiro atoms. The summed E-state index contributed by atoms with van der Waals surface area (Å²) in [5, 5.41) is 14.2. The van der Waals surface area contributed by atoms with E-state index in [4.69, 9.17) is 5.73 Å². The number of nitro groups is 1. The molecule has 7 nitrogen and oxygen atoms in total. The second-order valence-corrected chi connectivity index (χ2v) is 10.5. The fraction of sp³-hybridized carbons (Fsp3) is 0.647. The second kappa shape index (κ2) is 7.18. The van der Waals surface area contributed by atoms with Crippen molar-refractivity contribution in [3.05, 3.63) is 28.3 Å². The first-order valence-electron chi connectivity index (χ1n) is 8.66. The summed E-state index contributed by atoms with van der Waals surface area (Å²) in [5.74, 6) is 0. The largest absolute Gasteiger partial charge is 0.501 e. The molecule has 0 bridgehead atoms. The molecule has 1 aromatic rings. The van der Waals surface area contributed by atoms with Crippen molar-refractivity contribution in [3.63, 3.8) is 0 Å². The Balaban J connectivity index is 2.31. The molecular formula is C17H24F3N3O4S. The van der Waals surface area contributed by atoms with Crippen LogP contribution in [0.2, 0.25) is 0 Å². The Morgan fingerprint density at radius 3 is 2.39 bits per heavy atom. The zero-order valence-electron chi connectivity index (χ0n) is 15.8. The molecular weight excluding hydrogens is 399 g/mol. The molecule has 1 fully saturated rings. The number of nitrogens with zero attached hydrogens (tertiary/aromatic N) is 1. The van der Waals surface area contributed by atoms with Crippen LogP contribution in [0.3, 0.4) is 0 Å². The van der Waals surface area contributed by atoms with Crippen molar-refractivity contribution in [3.8, 4) is 0 Å². The zero-order valence-corrected chi connectivity index (χ0v) is 16.7. The third-order valence-electron chi connectivity index (χ3n) is 4.96. The summed E-state index contributed by atoms with van der Waals surface area (Å²) >= 11 is 0. The van der Waals surface area contributed by atoms with E-state index < -0.39 is 30.9 Å². The molecule has 158 valence electrons. The van der Waals surface area contributed by atoms with Gasteiger partial charge in [-0.15, -0.1) is 0 Å². The summed E-state index contributed by atoms with van der Waals surface area (Å²) in [6.45, 7) is 6.48. The van der Waals surface area contributed by atoms with Crippen LogP contribution >= 0.6 is 0 Å². The Morgan fingerprint density at radius 1 is 1.29 bits per heavy atom. The SMILES string of the molecule is CC1(C)C[C@@H](N)C[C@](C)(CNc2ccc(S(=O)(=O)C(F)(F)F)cc2[N+](=O)[O-])C1. The van der Waals surface area contributed by atoms with Crippen LogP contribution in [-0.4, -0.2) is 31.4 Å². The first-order chi connectivity index (χ1) is 12.6. The number of anilines is 1. The van der Waals surface area contributed by atoms with E-state index in [2.05, 4.69) is 19.2 Å². The van der Waals surface area contributed by atoms with Crippen LogP contribution in [0.15, 0.2) is 23.1 Å². The van der Waals surface area contributed by atoms with Crippen molar-refractivity contribution in [2.45, 2.75) is 56.5 Å². The minimum absolute atomic E-state index is 0.00925. The lowest BCUT2D eigenvalue weighted by atomic mass is 9.63. The number of hydrogen-bond acceptors (Lipinski definition) is 6. The molecule has 0 unspecified atom stereocenters. The minimum Gasteiger partial charge on any atom is -0.379 e. The number of hydrogen-bond donors (Lipinski definition) is 2. The third-order valence-corrected chi connectivity index (χ3v) is 6.45. The first kappa shape index (κ1) is 22.4. The molecule has 0 radical (unpaired) electrons. The van der Waals surface area contributed by atoms with E-state index in [0.29, 0.717) is 19.0 Å². The van der Waals surface area contributed by atoms with Crippen LogP contribution in [0.25, 0.3) is 0 Å². The molecule has 28 heavy (non-hydrogen) atoms. The predicted octanol–water partition coefficient (Wildman–Crippen LogP) is 3.84. The molecule has 0 amide bonds. The lowest BCUT2D eigenvalue weighted by Gasteiger charge is -2.45. The van der Waals surface area contributed by atoms with Gasteiger partial charge in [-0.3, -0.25) is 10.1 Å². The van der Waals surface area contributed by atoms with Crippen LogP contribution in [-0.2, 0) is 9.84 Å². The van der Waals surface area contributed by atoms with Crippen molar-refractivity contribution in [2.24, 2.45) is 16.6 Å². The van der Waals surface area contributed by atoms with Crippen molar-refractivity contribution >= 4 is 21.2 Å². The van der Waals surface area contributed by atoms with Crippen LogP contribution in [0.5, 0.6) is 0 Å². The van der Waals surface area contributed by atoms with Crippen LogP contribution in [0, 0.1) is 20.9 Å². The van der Waals surface area contributed by atoms with Gasteiger partial charge < -0.3 is 11.1 Å². The van der Waals surface area contributed by atoms with E-state index in [1.54, 1.807) is 0 Å². The molecule has 1 saturated carbocycles. The van der Waals surface area contributed by atoms with Crippen molar-refractivity contribution in [1.29, 1.82) is 0 Å². The molecule has 1 aliphatic carbocycles. The van der Waals surface area contributed by atoms with Gasteiger partial charge in [0.05, 0.1) is 9.82 Å². The lowest BCUT2D eigenvalue weighted by Crippen LogP contribution is -2.45. The summed E-state index contributed by atoms with van der Waals surface area (Å²) in [4.78, 5) is 9.24. The molecule has 2 atom stereocenters. The van der Waals surface area contributed by atoms with E-state index in [9.17, 15) is 31.7 Å². The number of benzene rings is 1. The Kier molecular flexibility index (Phi) is 5.75. The number of nitro benzene ring substituents is 1. The van der Waals surface area contributed by atoms with Gasteiger partial charge in [-0.2, -0.15) is 13.2 Å². The van der Waals surface area contributed by atoms with Crippen molar-refractivity contribution < 1.29 is 26.5 Å². The number of nitrogens with one attached hydrogen (secondary N) is 1.